The zero-order chi connectivity index (χ0) is 16.1. The summed E-state index contributed by atoms with van der Waals surface area (Å²) in [7, 11) is 0. The van der Waals surface area contributed by atoms with Gasteiger partial charge in [0.1, 0.15) is 24.7 Å². The van der Waals surface area contributed by atoms with Crippen molar-refractivity contribution in [2.45, 2.75) is 19.4 Å². The molecule has 23 heavy (non-hydrogen) atoms. The van der Waals surface area contributed by atoms with Crippen molar-refractivity contribution in [3.05, 3.63) is 54.1 Å². The minimum absolute atomic E-state index is 0.317. The predicted molar refractivity (Wildman–Crippen MR) is 91.5 cm³/mol. The molecule has 2 aromatic carbocycles. The first-order valence-electron chi connectivity index (χ1n) is 8.09. The van der Waals surface area contributed by atoms with Gasteiger partial charge >= 0.3 is 0 Å². The highest BCUT2D eigenvalue weighted by Crippen LogP contribution is 2.30. The van der Waals surface area contributed by atoms with Gasteiger partial charge in [0.05, 0.1) is 24.9 Å². The second kappa shape index (κ2) is 7.38. The number of hydrogen-bond donors (Lipinski definition) is 1. The van der Waals surface area contributed by atoms with Crippen molar-refractivity contribution >= 4 is 5.69 Å². The largest absolute Gasteiger partial charge is 0.492 e. The maximum Gasteiger partial charge on any atom is 0.142 e. The van der Waals surface area contributed by atoms with Gasteiger partial charge in [-0.25, -0.2) is 0 Å². The van der Waals surface area contributed by atoms with Crippen molar-refractivity contribution in [1.82, 2.24) is 0 Å². The maximum atomic E-state index is 9.39. The van der Waals surface area contributed by atoms with Crippen LogP contribution in [0.1, 0.15) is 12.5 Å². The van der Waals surface area contributed by atoms with E-state index in [9.17, 15) is 5.11 Å². The fourth-order valence-electron chi connectivity index (χ4n) is 2.80. The summed E-state index contributed by atoms with van der Waals surface area (Å²) in [5, 5.41) is 9.39. The molecule has 0 fully saturated rings. The van der Waals surface area contributed by atoms with E-state index in [0.29, 0.717) is 19.6 Å². The van der Waals surface area contributed by atoms with Crippen LogP contribution in [0.25, 0.3) is 0 Å². The van der Waals surface area contributed by atoms with Crippen LogP contribution in [0.15, 0.2) is 48.5 Å². The minimum Gasteiger partial charge on any atom is -0.492 e. The SMILES string of the molecule is CC(O)Cc1ccc(OCCN2CCOc3ccccc32)cc1. The fourth-order valence-corrected chi connectivity index (χ4v) is 2.80. The molecule has 0 bridgehead atoms. The van der Waals surface area contributed by atoms with E-state index in [1.165, 1.54) is 0 Å². The van der Waals surface area contributed by atoms with Gasteiger partial charge in [-0.1, -0.05) is 24.3 Å². The Balaban J connectivity index is 1.52. The normalized spacial score (nSPS) is 14.8. The number of ether oxygens (including phenoxy) is 2. The van der Waals surface area contributed by atoms with Gasteiger partial charge in [0, 0.05) is 0 Å². The lowest BCUT2D eigenvalue weighted by molar-refractivity contribution is 0.195. The third-order valence-electron chi connectivity index (χ3n) is 3.91. The third-order valence-corrected chi connectivity index (χ3v) is 3.91. The van der Waals surface area contributed by atoms with E-state index in [2.05, 4.69) is 11.0 Å². The number of anilines is 1. The summed E-state index contributed by atoms with van der Waals surface area (Å²) in [4.78, 5) is 2.29. The molecule has 0 saturated heterocycles. The monoisotopic (exact) mass is 313 g/mol. The van der Waals surface area contributed by atoms with Crippen molar-refractivity contribution in [3.63, 3.8) is 0 Å². The van der Waals surface area contributed by atoms with Crippen LogP contribution < -0.4 is 14.4 Å². The van der Waals surface area contributed by atoms with E-state index in [1.54, 1.807) is 6.92 Å². The van der Waals surface area contributed by atoms with E-state index in [0.717, 1.165) is 35.8 Å². The molecule has 0 aromatic heterocycles. The van der Waals surface area contributed by atoms with Gasteiger partial charge in [-0.2, -0.15) is 0 Å². The van der Waals surface area contributed by atoms with Gasteiger partial charge in [-0.3, -0.25) is 0 Å². The first-order valence-corrected chi connectivity index (χ1v) is 8.09. The van der Waals surface area contributed by atoms with Crippen LogP contribution >= 0.6 is 0 Å². The zero-order valence-electron chi connectivity index (χ0n) is 13.4. The Hall–Kier alpha value is -2.20. The standard InChI is InChI=1S/C19H23NO3/c1-15(21)14-16-6-8-17(9-7-16)22-12-10-20-11-13-23-19-5-3-2-4-18(19)20/h2-9,15,21H,10-14H2,1H3. The van der Waals surface area contributed by atoms with Gasteiger partial charge in [-0.15, -0.1) is 0 Å². The van der Waals surface area contributed by atoms with Gasteiger partial charge < -0.3 is 19.5 Å². The zero-order valence-corrected chi connectivity index (χ0v) is 13.4. The van der Waals surface area contributed by atoms with Gasteiger partial charge in [-0.05, 0) is 43.2 Å². The topological polar surface area (TPSA) is 41.9 Å². The number of aliphatic hydroxyl groups is 1. The van der Waals surface area contributed by atoms with E-state index in [4.69, 9.17) is 9.47 Å². The molecule has 0 saturated carbocycles. The van der Waals surface area contributed by atoms with Crippen LogP contribution in [-0.2, 0) is 6.42 Å². The molecular weight excluding hydrogens is 290 g/mol. The molecule has 0 radical (unpaired) electrons. The van der Waals surface area contributed by atoms with Crippen molar-refractivity contribution in [1.29, 1.82) is 0 Å². The molecule has 3 rings (SSSR count). The summed E-state index contributed by atoms with van der Waals surface area (Å²) < 4.78 is 11.5. The van der Waals surface area contributed by atoms with Crippen LogP contribution in [0.4, 0.5) is 5.69 Å². The number of benzene rings is 2. The van der Waals surface area contributed by atoms with E-state index in [-0.39, 0.29) is 6.10 Å². The lowest BCUT2D eigenvalue weighted by atomic mass is 10.1. The molecular formula is C19H23NO3. The number of nitrogens with zero attached hydrogens (tertiary/aromatic N) is 1. The number of aliphatic hydroxyl groups excluding tert-OH is 1. The fraction of sp³-hybridized carbons (Fsp3) is 0.368. The number of rotatable bonds is 6. The smallest absolute Gasteiger partial charge is 0.142 e. The van der Waals surface area contributed by atoms with Crippen LogP contribution in [0.2, 0.25) is 0 Å². The highest BCUT2D eigenvalue weighted by molar-refractivity contribution is 5.59. The molecule has 0 spiro atoms. The van der Waals surface area contributed by atoms with Gasteiger partial charge in [0.15, 0.2) is 0 Å². The molecule has 2 aromatic rings. The summed E-state index contributed by atoms with van der Waals surface area (Å²) in [5.41, 5.74) is 2.25. The first-order chi connectivity index (χ1) is 11.2. The Morgan fingerprint density at radius 1 is 1.17 bits per heavy atom. The predicted octanol–water partition coefficient (Wildman–Crippen LogP) is 2.89. The Morgan fingerprint density at radius 2 is 1.96 bits per heavy atom. The van der Waals surface area contributed by atoms with Crippen molar-refractivity contribution in [2.75, 3.05) is 31.2 Å². The average Bonchev–Trinajstić information content (AvgIpc) is 2.56. The first kappa shape index (κ1) is 15.7. The third kappa shape index (κ3) is 4.17. The molecule has 1 aliphatic rings. The van der Waals surface area contributed by atoms with Crippen LogP contribution in [0, 0.1) is 0 Å². The number of fused-ring (bicyclic) bond motifs is 1. The quantitative estimate of drug-likeness (QED) is 0.890. The highest BCUT2D eigenvalue weighted by atomic mass is 16.5. The average molecular weight is 313 g/mol. The lowest BCUT2D eigenvalue weighted by Gasteiger charge is -2.31. The summed E-state index contributed by atoms with van der Waals surface area (Å²) >= 11 is 0. The summed E-state index contributed by atoms with van der Waals surface area (Å²) in [5.74, 6) is 1.81. The molecule has 0 amide bonds. The lowest BCUT2D eigenvalue weighted by Crippen LogP contribution is -2.35. The van der Waals surface area contributed by atoms with Crippen molar-refractivity contribution < 1.29 is 14.6 Å². The Bertz CT molecular complexity index is 625. The number of para-hydroxylation sites is 2. The molecule has 1 atom stereocenters. The van der Waals surface area contributed by atoms with E-state index in [1.807, 2.05) is 42.5 Å². The Morgan fingerprint density at radius 3 is 2.74 bits per heavy atom. The van der Waals surface area contributed by atoms with Crippen LogP contribution in [0.5, 0.6) is 11.5 Å². The van der Waals surface area contributed by atoms with Crippen LogP contribution in [0.3, 0.4) is 0 Å². The maximum absolute atomic E-state index is 9.39. The summed E-state index contributed by atoms with van der Waals surface area (Å²) in [6.07, 6.45) is 0.355. The molecule has 1 unspecified atom stereocenters. The molecule has 1 heterocycles. The highest BCUT2D eigenvalue weighted by Gasteiger charge is 2.16. The number of hydrogen-bond acceptors (Lipinski definition) is 4. The van der Waals surface area contributed by atoms with Crippen LogP contribution in [-0.4, -0.2) is 37.5 Å². The summed E-state index contributed by atoms with van der Waals surface area (Å²) in [6, 6.07) is 16.0. The Kier molecular flexibility index (Phi) is 5.03. The van der Waals surface area contributed by atoms with Gasteiger partial charge in [0.2, 0.25) is 0 Å². The molecule has 4 heteroatoms. The van der Waals surface area contributed by atoms with Gasteiger partial charge in [0.25, 0.3) is 0 Å². The van der Waals surface area contributed by atoms with E-state index >= 15 is 0 Å². The van der Waals surface area contributed by atoms with Crippen molar-refractivity contribution in [3.8, 4) is 11.5 Å². The second-order valence-corrected chi connectivity index (χ2v) is 5.85. The molecule has 122 valence electrons. The second-order valence-electron chi connectivity index (χ2n) is 5.85. The molecule has 0 aliphatic carbocycles. The van der Waals surface area contributed by atoms with Crippen molar-refractivity contribution in [2.24, 2.45) is 0 Å². The summed E-state index contributed by atoms with van der Waals surface area (Å²) in [6.45, 7) is 4.85. The molecule has 4 nitrogen and oxygen atoms in total. The minimum atomic E-state index is -0.317. The molecule has 1 aliphatic heterocycles. The Labute approximate surface area is 137 Å². The van der Waals surface area contributed by atoms with E-state index < -0.39 is 0 Å². The molecule has 1 N–H and O–H groups in total.